The average molecular weight is 213 g/mol. The molecule has 1 aromatic heterocycles. The van der Waals surface area contributed by atoms with Gasteiger partial charge in [-0.25, -0.2) is 9.97 Å². The van der Waals surface area contributed by atoms with Crippen LogP contribution < -0.4 is 5.73 Å². The number of hydrogen-bond donors (Lipinski definition) is 1. The molecule has 16 heavy (non-hydrogen) atoms. The number of benzene rings is 1. The van der Waals surface area contributed by atoms with Gasteiger partial charge in [-0.05, 0) is 11.6 Å². The summed E-state index contributed by atoms with van der Waals surface area (Å²) in [7, 11) is 0. The van der Waals surface area contributed by atoms with Crippen LogP contribution in [0, 0.1) is 0 Å². The van der Waals surface area contributed by atoms with Crippen molar-refractivity contribution in [3.05, 3.63) is 59.7 Å². The first-order chi connectivity index (χ1) is 7.81. The van der Waals surface area contributed by atoms with Gasteiger partial charge in [0.1, 0.15) is 6.33 Å². The Balaban J connectivity index is 2.30. The Bertz CT molecular complexity index is 454. The van der Waals surface area contributed by atoms with Gasteiger partial charge in [-0.15, -0.1) is 0 Å². The minimum atomic E-state index is 0.273. The third-order valence-electron chi connectivity index (χ3n) is 2.70. The Labute approximate surface area is 95.4 Å². The highest BCUT2D eigenvalue weighted by atomic mass is 14.9. The first kappa shape index (κ1) is 10.8. The minimum Gasteiger partial charge on any atom is -0.325 e. The van der Waals surface area contributed by atoms with Crippen LogP contribution in [0.2, 0.25) is 0 Å². The second-order valence-electron chi connectivity index (χ2n) is 3.77. The maximum absolute atomic E-state index is 5.57. The lowest BCUT2D eigenvalue weighted by atomic mass is 9.97. The van der Waals surface area contributed by atoms with Crippen molar-refractivity contribution in [1.29, 1.82) is 0 Å². The topological polar surface area (TPSA) is 51.8 Å². The molecule has 1 atom stereocenters. The summed E-state index contributed by atoms with van der Waals surface area (Å²) < 4.78 is 0. The Kier molecular flexibility index (Phi) is 3.27. The molecule has 1 heterocycles. The molecule has 0 saturated heterocycles. The molecular weight excluding hydrogens is 198 g/mol. The van der Waals surface area contributed by atoms with E-state index >= 15 is 0 Å². The van der Waals surface area contributed by atoms with Crippen molar-refractivity contribution in [2.45, 2.75) is 19.4 Å². The summed E-state index contributed by atoms with van der Waals surface area (Å²) >= 11 is 0. The summed E-state index contributed by atoms with van der Waals surface area (Å²) in [6.45, 7) is 2.59. The van der Waals surface area contributed by atoms with Crippen LogP contribution in [0.1, 0.15) is 29.8 Å². The van der Waals surface area contributed by atoms with Gasteiger partial charge in [0.05, 0.1) is 11.4 Å². The van der Waals surface area contributed by atoms with E-state index in [1.54, 1.807) is 6.33 Å². The summed E-state index contributed by atoms with van der Waals surface area (Å²) in [6, 6.07) is 12.3. The van der Waals surface area contributed by atoms with Crippen molar-refractivity contribution in [2.24, 2.45) is 5.73 Å². The number of nitrogens with two attached hydrogens (primary N) is 1. The van der Waals surface area contributed by atoms with Crippen LogP contribution in [-0.4, -0.2) is 9.97 Å². The van der Waals surface area contributed by atoms with Gasteiger partial charge < -0.3 is 5.73 Å². The van der Waals surface area contributed by atoms with Crippen LogP contribution in [-0.2, 0) is 6.54 Å². The number of nitrogens with zero attached hydrogens (tertiary/aromatic N) is 2. The zero-order valence-electron chi connectivity index (χ0n) is 9.30. The van der Waals surface area contributed by atoms with Crippen LogP contribution in [0.25, 0.3) is 0 Å². The van der Waals surface area contributed by atoms with E-state index < -0.39 is 0 Å². The zero-order chi connectivity index (χ0) is 11.4. The fourth-order valence-corrected chi connectivity index (χ4v) is 1.68. The predicted molar refractivity (Wildman–Crippen MR) is 63.9 cm³/mol. The lowest BCUT2D eigenvalue weighted by molar-refractivity contribution is 0.838. The van der Waals surface area contributed by atoms with E-state index in [9.17, 15) is 0 Å². The Hall–Kier alpha value is -1.74. The van der Waals surface area contributed by atoms with Crippen molar-refractivity contribution in [3.8, 4) is 0 Å². The third-order valence-corrected chi connectivity index (χ3v) is 2.70. The van der Waals surface area contributed by atoms with Gasteiger partial charge in [0.2, 0.25) is 0 Å². The van der Waals surface area contributed by atoms with E-state index in [-0.39, 0.29) is 5.92 Å². The van der Waals surface area contributed by atoms with Gasteiger partial charge in [0.15, 0.2) is 0 Å². The first-order valence-electron chi connectivity index (χ1n) is 5.37. The molecule has 0 aliphatic carbocycles. The fourth-order valence-electron chi connectivity index (χ4n) is 1.68. The molecule has 0 saturated carbocycles. The van der Waals surface area contributed by atoms with E-state index in [0.717, 1.165) is 11.4 Å². The van der Waals surface area contributed by atoms with E-state index in [1.165, 1.54) is 5.56 Å². The molecule has 2 N–H and O–H groups in total. The molecule has 0 spiro atoms. The molecule has 1 aromatic carbocycles. The van der Waals surface area contributed by atoms with E-state index in [4.69, 9.17) is 5.73 Å². The van der Waals surface area contributed by atoms with Crippen LogP contribution in [0.3, 0.4) is 0 Å². The maximum atomic E-state index is 5.57. The summed E-state index contributed by atoms with van der Waals surface area (Å²) in [5, 5.41) is 0. The van der Waals surface area contributed by atoms with Gasteiger partial charge in [0, 0.05) is 12.5 Å². The van der Waals surface area contributed by atoms with Crippen molar-refractivity contribution < 1.29 is 0 Å². The van der Waals surface area contributed by atoms with Crippen molar-refractivity contribution in [1.82, 2.24) is 9.97 Å². The van der Waals surface area contributed by atoms with Crippen LogP contribution in [0.15, 0.2) is 42.7 Å². The molecule has 3 nitrogen and oxygen atoms in total. The number of hydrogen-bond acceptors (Lipinski definition) is 3. The van der Waals surface area contributed by atoms with E-state index in [1.807, 2.05) is 24.3 Å². The Morgan fingerprint density at radius 1 is 1.19 bits per heavy atom. The quantitative estimate of drug-likeness (QED) is 0.849. The number of aromatic nitrogens is 2. The smallest absolute Gasteiger partial charge is 0.116 e. The Morgan fingerprint density at radius 2 is 1.94 bits per heavy atom. The zero-order valence-corrected chi connectivity index (χ0v) is 9.30. The van der Waals surface area contributed by atoms with Gasteiger partial charge in [-0.3, -0.25) is 0 Å². The SMILES string of the molecule is CC(c1ccccc1)c1cc(CN)ncn1. The van der Waals surface area contributed by atoms with Gasteiger partial charge in [-0.1, -0.05) is 37.3 Å². The molecular formula is C13H15N3. The highest BCUT2D eigenvalue weighted by Gasteiger charge is 2.09. The largest absolute Gasteiger partial charge is 0.325 e. The summed E-state index contributed by atoms with van der Waals surface area (Å²) in [5.74, 6) is 0.273. The molecule has 82 valence electrons. The summed E-state index contributed by atoms with van der Waals surface area (Å²) in [6.07, 6.45) is 1.58. The highest BCUT2D eigenvalue weighted by Crippen LogP contribution is 2.21. The fraction of sp³-hybridized carbons (Fsp3) is 0.231. The van der Waals surface area contributed by atoms with E-state index in [2.05, 4.69) is 29.0 Å². The molecule has 0 radical (unpaired) electrons. The van der Waals surface area contributed by atoms with Gasteiger partial charge >= 0.3 is 0 Å². The highest BCUT2D eigenvalue weighted by molar-refractivity contribution is 5.27. The van der Waals surface area contributed by atoms with Crippen molar-refractivity contribution >= 4 is 0 Å². The molecule has 0 fully saturated rings. The Morgan fingerprint density at radius 3 is 2.62 bits per heavy atom. The summed E-state index contributed by atoms with van der Waals surface area (Å²) in [5.41, 5.74) is 8.72. The summed E-state index contributed by atoms with van der Waals surface area (Å²) in [4.78, 5) is 8.39. The standard InChI is InChI=1S/C13H15N3/c1-10(11-5-3-2-4-6-11)13-7-12(8-14)15-9-16-13/h2-7,9-10H,8,14H2,1H3. The van der Waals surface area contributed by atoms with Crippen molar-refractivity contribution in [3.63, 3.8) is 0 Å². The predicted octanol–water partition coefficient (Wildman–Crippen LogP) is 2.09. The first-order valence-corrected chi connectivity index (χ1v) is 5.37. The molecule has 0 aliphatic heterocycles. The molecule has 3 heteroatoms. The van der Waals surface area contributed by atoms with E-state index in [0.29, 0.717) is 6.54 Å². The lowest BCUT2D eigenvalue weighted by Crippen LogP contribution is -2.05. The second kappa shape index (κ2) is 4.86. The lowest BCUT2D eigenvalue weighted by Gasteiger charge is -2.11. The normalized spacial score (nSPS) is 12.4. The number of rotatable bonds is 3. The molecule has 0 bridgehead atoms. The van der Waals surface area contributed by atoms with Gasteiger partial charge in [-0.2, -0.15) is 0 Å². The average Bonchev–Trinajstić information content (AvgIpc) is 2.39. The van der Waals surface area contributed by atoms with Crippen LogP contribution in [0.4, 0.5) is 0 Å². The minimum absolute atomic E-state index is 0.273. The third kappa shape index (κ3) is 2.25. The maximum Gasteiger partial charge on any atom is 0.116 e. The molecule has 1 unspecified atom stereocenters. The molecule has 2 aromatic rings. The van der Waals surface area contributed by atoms with Crippen molar-refractivity contribution in [2.75, 3.05) is 0 Å². The molecule has 0 aliphatic rings. The monoisotopic (exact) mass is 213 g/mol. The second-order valence-corrected chi connectivity index (χ2v) is 3.77. The van der Waals surface area contributed by atoms with Gasteiger partial charge in [0.25, 0.3) is 0 Å². The van der Waals surface area contributed by atoms with Crippen LogP contribution >= 0.6 is 0 Å². The van der Waals surface area contributed by atoms with Crippen LogP contribution in [0.5, 0.6) is 0 Å². The molecule has 0 amide bonds. The molecule has 2 rings (SSSR count).